The van der Waals surface area contributed by atoms with Gasteiger partial charge in [-0.25, -0.2) is 13.6 Å². The number of aromatic nitrogens is 1. The van der Waals surface area contributed by atoms with Gasteiger partial charge in [-0.2, -0.15) is 0 Å². The summed E-state index contributed by atoms with van der Waals surface area (Å²) < 4.78 is 30.9. The van der Waals surface area contributed by atoms with Crippen LogP contribution in [0, 0.1) is 16.6 Å². The molecule has 2 aromatic rings. The van der Waals surface area contributed by atoms with Gasteiger partial charge in [0.15, 0.2) is 5.78 Å². The van der Waals surface area contributed by atoms with Crippen LogP contribution in [0.2, 0.25) is 0 Å². The maximum absolute atomic E-state index is 15.3. The number of hydrogen-bond donors (Lipinski definition) is 4. The summed E-state index contributed by atoms with van der Waals surface area (Å²) in [5.41, 5.74) is 5.66. The number of nitroso groups, excluding NO2 is 1. The second kappa shape index (κ2) is 11.2. The molecule has 4 N–H and O–H groups in total. The minimum atomic E-state index is -1.33. The Morgan fingerprint density at radius 3 is 2.59 bits per heavy atom. The van der Waals surface area contributed by atoms with E-state index in [1.54, 1.807) is 15.5 Å². The first kappa shape index (κ1) is 28.2. The third kappa shape index (κ3) is 5.25. The van der Waals surface area contributed by atoms with E-state index in [0.29, 0.717) is 49.3 Å². The monoisotopic (exact) mass is 587 g/mol. The van der Waals surface area contributed by atoms with Crippen molar-refractivity contribution in [3.8, 4) is 5.88 Å². The number of fused-ring (bicyclic) bond motifs is 2. The molecule has 1 saturated heterocycles. The van der Waals surface area contributed by atoms with Crippen LogP contribution < -0.4 is 10.9 Å². The number of carbonyl (C=O) groups is 2. The lowest BCUT2D eigenvalue weighted by Gasteiger charge is -2.42. The first-order valence-electron chi connectivity index (χ1n) is 12.8. The number of carbonyl (C=O) groups excluding carboxylic acids is 1. The molecule has 3 heterocycles. The van der Waals surface area contributed by atoms with Gasteiger partial charge in [0.1, 0.15) is 22.9 Å². The topological polar surface area (TPSA) is 143 Å². The van der Waals surface area contributed by atoms with E-state index >= 15 is 4.39 Å². The number of nitrogens with zero attached hydrogens (tertiary/aromatic N) is 5. The quantitative estimate of drug-likeness (QED) is 0.164. The summed E-state index contributed by atoms with van der Waals surface area (Å²) >= 11 is 4.71. The van der Waals surface area contributed by atoms with Crippen LogP contribution in [0.1, 0.15) is 6.92 Å². The number of hydrazine groups is 1. The van der Waals surface area contributed by atoms with Gasteiger partial charge in [-0.3, -0.25) is 25.1 Å². The minimum absolute atomic E-state index is 0.126. The number of piperazine rings is 1. The zero-order valence-corrected chi connectivity index (χ0v) is 22.7. The highest BCUT2D eigenvalue weighted by molar-refractivity contribution is 7.80. The summed E-state index contributed by atoms with van der Waals surface area (Å²) in [4.78, 5) is 40.5. The van der Waals surface area contributed by atoms with Crippen molar-refractivity contribution in [2.75, 3.05) is 38.1 Å². The fraction of sp³-hybridized carbons (Fsp3) is 0.346. The molecule has 0 radical (unpaired) electrons. The molecule has 2 atom stereocenters. The van der Waals surface area contributed by atoms with E-state index in [0.717, 1.165) is 0 Å². The number of Topliss-reactive ketones (excluding diaryl/α,β-unsaturated/α-hetero) is 1. The molecule has 15 heteroatoms. The van der Waals surface area contributed by atoms with Gasteiger partial charge in [-0.15, -0.1) is 4.91 Å². The first-order chi connectivity index (χ1) is 19.6. The van der Waals surface area contributed by atoms with E-state index in [4.69, 9.17) is 12.2 Å². The molecule has 3 aliphatic rings. The van der Waals surface area contributed by atoms with E-state index in [-0.39, 0.29) is 28.9 Å². The van der Waals surface area contributed by atoms with Crippen LogP contribution in [-0.4, -0.2) is 85.1 Å². The van der Waals surface area contributed by atoms with E-state index in [1.165, 1.54) is 30.5 Å². The Labute approximate surface area is 238 Å². The number of hydrogen-bond acceptors (Lipinski definition) is 9. The maximum Gasteiger partial charge on any atom is 0.340 e. The maximum atomic E-state index is 15.3. The van der Waals surface area contributed by atoms with Crippen LogP contribution in [0.25, 0.3) is 10.9 Å². The summed E-state index contributed by atoms with van der Waals surface area (Å²) in [6.07, 6.45) is 4.23. The Morgan fingerprint density at radius 1 is 1.20 bits per heavy atom. The number of carboxylic acid groups (broad SMARTS) is 1. The lowest BCUT2D eigenvalue weighted by Crippen LogP contribution is -2.49. The van der Waals surface area contributed by atoms with Crippen molar-refractivity contribution in [1.82, 2.24) is 24.7 Å². The fourth-order valence-corrected chi connectivity index (χ4v) is 5.53. The van der Waals surface area contributed by atoms with Gasteiger partial charge >= 0.3 is 5.97 Å². The fourth-order valence-electron chi connectivity index (χ4n) is 5.48. The number of carboxylic acids is 1. The van der Waals surface area contributed by atoms with Gasteiger partial charge in [0.2, 0.25) is 5.88 Å². The first-order valence-corrected chi connectivity index (χ1v) is 13.3. The molecule has 0 spiro atoms. The van der Waals surface area contributed by atoms with Crippen LogP contribution in [0.4, 0.5) is 14.5 Å². The molecular weight excluding hydrogens is 560 g/mol. The molecule has 1 fully saturated rings. The van der Waals surface area contributed by atoms with Crippen LogP contribution in [0.15, 0.2) is 58.8 Å². The largest absolute Gasteiger partial charge is 0.493 e. The molecule has 0 bridgehead atoms. The zero-order valence-electron chi connectivity index (χ0n) is 21.9. The number of aromatic hydroxyl groups is 1. The van der Waals surface area contributed by atoms with Crippen LogP contribution in [0.5, 0.6) is 5.88 Å². The number of rotatable bonds is 7. The van der Waals surface area contributed by atoms with Crippen molar-refractivity contribution in [2.24, 2.45) is 11.1 Å². The number of likely N-dealkylation sites (N-methyl/N-ethyl adjacent to an activating group) is 1. The standard InChI is InChI=1S/C26H27F2N7O5S/c1-2-33-12-17(25(38)39)23(36)16-10-18(28)21(11-20(16)33)34-7-5-32(6-8-34)13-35-19-4-3-14(27)9-15(19)22(24(35)37)29-30-26(41)31-40/h3-4,9-12,16,20,29,37H,2,5-8,13H2,1H3,(H,30,41)(H,38,39). The number of nitrogens with one attached hydrogen (secondary N) is 2. The molecule has 0 saturated carbocycles. The van der Waals surface area contributed by atoms with Gasteiger partial charge in [0, 0.05) is 49.5 Å². The zero-order chi connectivity index (χ0) is 29.4. The molecule has 1 aliphatic carbocycles. The molecule has 12 nitrogen and oxygen atoms in total. The highest BCUT2D eigenvalue weighted by Gasteiger charge is 2.41. The summed E-state index contributed by atoms with van der Waals surface area (Å²) in [6.45, 7) is 4.41. The van der Waals surface area contributed by atoms with Gasteiger partial charge in [-0.05, 0) is 49.5 Å². The number of thiocarbonyl (C=S) groups is 1. The summed E-state index contributed by atoms with van der Waals surface area (Å²) in [5.74, 6) is -4.16. The Morgan fingerprint density at radius 2 is 1.93 bits per heavy atom. The Bertz CT molecular complexity index is 1530. The van der Waals surface area contributed by atoms with Crippen LogP contribution in [-0.2, 0) is 16.3 Å². The third-order valence-electron chi connectivity index (χ3n) is 7.54. The number of allylic oxidation sites excluding steroid dienone is 1. The van der Waals surface area contributed by atoms with Crippen LogP contribution in [0.3, 0.4) is 0 Å². The Hall–Kier alpha value is -4.37. The van der Waals surface area contributed by atoms with E-state index in [9.17, 15) is 29.1 Å². The molecule has 2 aliphatic heterocycles. The smallest absolute Gasteiger partial charge is 0.340 e. The van der Waals surface area contributed by atoms with Crippen molar-refractivity contribution in [3.63, 3.8) is 0 Å². The summed E-state index contributed by atoms with van der Waals surface area (Å²) in [6, 6.07) is 3.55. The van der Waals surface area contributed by atoms with Gasteiger partial charge in [0.25, 0.3) is 5.11 Å². The Kier molecular flexibility index (Phi) is 7.73. The lowest BCUT2D eigenvalue weighted by molar-refractivity contribution is -0.136. The molecular formula is C26H27F2N7O5S. The van der Waals surface area contributed by atoms with E-state index < -0.39 is 35.4 Å². The van der Waals surface area contributed by atoms with Gasteiger partial charge in [-0.1, -0.05) is 0 Å². The number of ketones is 1. The van der Waals surface area contributed by atoms with Crippen molar-refractivity contribution in [3.05, 3.63) is 64.4 Å². The average Bonchev–Trinajstić information content (AvgIpc) is 3.21. The highest BCUT2D eigenvalue weighted by atomic mass is 32.1. The molecule has 41 heavy (non-hydrogen) atoms. The van der Waals surface area contributed by atoms with E-state index in [1.807, 2.05) is 16.7 Å². The minimum Gasteiger partial charge on any atom is -0.493 e. The molecule has 1 aromatic carbocycles. The number of anilines is 1. The van der Waals surface area contributed by atoms with Gasteiger partial charge in [0.05, 0.1) is 29.8 Å². The lowest BCUT2D eigenvalue weighted by atomic mass is 9.82. The van der Waals surface area contributed by atoms with Crippen molar-refractivity contribution < 1.29 is 28.6 Å². The normalized spacial score (nSPS) is 21.1. The number of benzene rings is 1. The van der Waals surface area contributed by atoms with Crippen molar-refractivity contribution >= 4 is 45.7 Å². The average molecular weight is 588 g/mol. The Balaban J connectivity index is 1.32. The number of halogens is 2. The van der Waals surface area contributed by atoms with Crippen molar-refractivity contribution in [2.45, 2.75) is 19.6 Å². The predicted octanol–water partition coefficient (Wildman–Crippen LogP) is 2.64. The number of aliphatic carboxylic acids is 1. The summed E-state index contributed by atoms with van der Waals surface area (Å²) in [7, 11) is 0. The van der Waals surface area contributed by atoms with Crippen molar-refractivity contribution in [1.29, 1.82) is 0 Å². The molecule has 1 aromatic heterocycles. The SMILES string of the molecule is CCN1C=C(C(=O)O)C(=O)C2C=C(F)C(N3CCN(Cn4c(O)c(NNC(=S)N=O)c5cc(F)ccc54)CC3)=CC21. The molecule has 2 unspecified atom stereocenters. The second-order valence-corrected chi connectivity index (χ2v) is 10.2. The highest BCUT2D eigenvalue weighted by Crippen LogP contribution is 2.38. The molecule has 0 amide bonds. The molecule has 216 valence electrons. The molecule has 5 rings (SSSR count). The van der Waals surface area contributed by atoms with E-state index in [2.05, 4.69) is 16.0 Å². The predicted molar refractivity (Wildman–Crippen MR) is 150 cm³/mol. The summed E-state index contributed by atoms with van der Waals surface area (Å²) in [5, 5.41) is 22.9. The van der Waals surface area contributed by atoms with Crippen LogP contribution >= 0.6 is 12.2 Å². The van der Waals surface area contributed by atoms with Gasteiger partial charge < -0.3 is 20.0 Å². The second-order valence-electron chi connectivity index (χ2n) is 9.81. The third-order valence-corrected chi connectivity index (χ3v) is 7.72.